The van der Waals surface area contributed by atoms with Gasteiger partial charge in [0, 0.05) is 17.1 Å². The molecular weight excluding hydrogens is 422 g/mol. The van der Waals surface area contributed by atoms with Crippen LogP contribution in [-0.2, 0) is 0 Å². The molecule has 2 nitrogen and oxygen atoms in total. The van der Waals surface area contributed by atoms with Crippen molar-refractivity contribution in [1.29, 1.82) is 0 Å². The third kappa shape index (κ3) is 4.23. The Kier molecular flexibility index (Phi) is 5.88. The summed E-state index contributed by atoms with van der Waals surface area (Å²) in [7, 11) is 0. The first-order valence-corrected chi connectivity index (χ1v) is 11.6. The minimum atomic E-state index is 0.897. The van der Waals surface area contributed by atoms with E-state index in [1.807, 2.05) is 48.6 Å². The summed E-state index contributed by atoms with van der Waals surface area (Å²) in [5.41, 5.74) is 5.33. The SMILES string of the molecule is C=C/C=C(\C=C)N(c1ccccc1)c1ccc(-c2ccc3c(c2)Oc2ccccc2S3)cc1. The van der Waals surface area contributed by atoms with Gasteiger partial charge in [0.1, 0.15) is 11.5 Å². The van der Waals surface area contributed by atoms with Gasteiger partial charge in [-0.2, -0.15) is 0 Å². The van der Waals surface area contributed by atoms with Crippen LogP contribution in [0, 0.1) is 0 Å². The van der Waals surface area contributed by atoms with Gasteiger partial charge in [-0.1, -0.05) is 79.5 Å². The van der Waals surface area contributed by atoms with Crippen LogP contribution in [0.1, 0.15) is 0 Å². The molecule has 4 aromatic rings. The molecule has 1 heterocycles. The van der Waals surface area contributed by atoms with Gasteiger partial charge in [0.2, 0.25) is 0 Å². The maximum atomic E-state index is 6.18. The Balaban J connectivity index is 1.47. The van der Waals surface area contributed by atoms with Crippen LogP contribution in [0.4, 0.5) is 11.4 Å². The molecule has 0 amide bonds. The summed E-state index contributed by atoms with van der Waals surface area (Å²) in [6.45, 7) is 7.86. The normalized spacial score (nSPS) is 12.2. The van der Waals surface area contributed by atoms with E-state index >= 15 is 0 Å². The number of nitrogens with zero attached hydrogens (tertiary/aromatic N) is 1. The minimum absolute atomic E-state index is 0.897. The van der Waals surface area contributed by atoms with Gasteiger partial charge in [-0.05, 0) is 71.8 Å². The molecule has 160 valence electrons. The van der Waals surface area contributed by atoms with E-state index in [9.17, 15) is 0 Å². The molecule has 1 aliphatic heterocycles. The van der Waals surface area contributed by atoms with Gasteiger partial charge in [-0.3, -0.25) is 0 Å². The topological polar surface area (TPSA) is 12.5 Å². The van der Waals surface area contributed by atoms with Gasteiger partial charge in [0.05, 0.1) is 9.79 Å². The maximum absolute atomic E-state index is 6.18. The highest BCUT2D eigenvalue weighted by Crippen LogP contribution is 2.48. The summed E-state index contributed by atoms with van der Waals surface area (Å²) < 4.78 is 6.18. The molecule has 0 atom stereocenters. The second-order valence-electron chi connectivity index (χ2n) is 7.56. The number of rotatable bonds is 6. The molecule has 3 heteroatoms. The largest absolute Gasteiger partial charge is 0.455 e. The van der Waals surface area contributed by atoms with Gasteiger partial charge in [0.15, 0.2) is 0 Å². The van der Waals surface area contributed by atoms with Crippen molar-refractivity contribution in [3.05, 3.63) is 134 Å². The second-order valence-corrected chi connectivity index (χ2v) is 8.65. The highest BCUT2D eigenvalue weighted by atomic mass is 32.2. The fraction of sp³-hybridized carbons (Fsp3) is 0. The van der Waals surface area contributed by atoms with E-state index in [1.165, 1.54) is 0 Å². The summed E-state index contributed by atoms with van der Waals surface area (Å²) in [6, 6.07) is 33.4. The lowest BCUT2D eigenvalue weighted by atomic mass is 10.0. The van der Waals surface area contributed by atoms with E-state index in [1.54, 1.807) is 17.8 Å². The van der Waals surface area contributed by atoms with Crippen LogP contribution in [0.5, 0.6) is 11.5 Å². The molecule has 0 unspecified atom stereocenters. The molecular formula is C30H23NOS. The molecule has 0 saturated heterocycles. The molecule has 0 aliphatic carbocycles. The summed E-state index contributed by atoms with van der Waals surface area (Å²) in [6.07, 6.45) is 5.59. The molecule has 0 saturated carbocycles. The third-order valence-corrected chi connectivity index (χ3v) is 6.58. The molecule has 0 fully saturated rings. The third-order valence-electron chi connectivity index (χ3n) is 5.46. The van der Waals surface area contributed by atoms with Crippen molar-refractivity contribution in [2.45, 2.75) is 9.79 Å². The highest BCUT2D eigenvalue weighted by Gasteiger charge is 2.18. The Hall–Kier alpha value is -3.95. The van der Waals surface area contributed by atoms with Crippen LogP contribution in [-0.4, -0.2) is 0 Å². The number of hydrogen-bond donors (Lipinski definition) is 0. The Labute approximate surface area is 199 Å². The monoisotopic (exact) mass is 445 g/mol. The Morgan fingerprint density at radius 3 is 2.12 bits per heavy atom. The van der Waals surface area contributed by atoms with E-state index in [-0.39, 0.29) is 0 Å². The van der Waals surface area contributed by atoms with Crippen LogP contribution in [0.25, 0.3) is 11.1 Å². The molecule has 5 rings (SSSR count). The van der Waals surface area contributed by atoms with Crippen molar-refractivity contribution >= 4 is 23.1 Å². The van der Waals surface area contributed by atoms with Crippen LogP contribution in [0.2, 0.25) is 0 Å². The van der Waals surface area contributed by atoms with Gasteiger partial charge in [0.25, 0.3) is 0 Å². The standard InChI is InChI=1S/C30H23NOS/c1-3-10-24(4-2)31(25-11-6-5-7-12-25)26-18-15-22(16-19-26)23-17-20-30-28(21-23)32-27-13-8-9-14-29(27)33-30/h3-21H,1-2H2/b24-10+. The summed E-state index contributed by atoms with van der Waals surface area (Å²) in [4.78, 5) is 4.45. The van der Waals surface area contributed by atoms with Crippen LogP contribution < -0.4 is 9.64 Å². The smallest absolute Gasteiger partial charge is 0.142 e. The maximum Gasteiger partial charge on any atom is 0.142 e. The fourth-order valence-electron chi connectivity index (χ4n) is 3.89. The lowest BCUT2D eigenvalue weighted by molar-refractivity contribution is 0.455. The van der Waals surface area contributed by atoms with Crippen LogP contribution in [0.15, 0.2) is 144 Å². The van der Waals surface area contributed by atoms with Crippen molar-refractivity contribution < 1.29 is 4.74 Å². The second kappa shape index (κ2) is 9.27. The molecule has 0 bridgehead atoms. The first-order valence-electron chi connectivity index (χ1n) is 10.8. The lowest BCUT2D eigenvalue weighted by Crippen LogP contribution is -2.14. The number of anilines is 2. The van der Waals surface area contributed by atoms with E-state index < -0.39 is 0 Å². The minimum Gasteiger partial charge on any atom is -0.455 e. The zero-order chi connectivity index (χ0) is 22.6. The van der Waals surface area contributed by atoms with E-state index in [0.717, 1.165) is 49.5 Å². The number of allylic oxidation sites excluding steroid dienone is 3. The zero-order valence-electron chi connectivity index (χ0n) is 18.1. The number of fused-ring (bicyclic) bond motifs is 2. The quantitative estimate of drug-likeness (QED) is 0.242. The highest BCUT2D eigenvalue weighted by molar-refractivity contribution is 7.99. The lowest BCUT2D eigenvalue weighted by Gasteiger charge is -2.26. The van der Waals surface area contributed by atoms with Crippen molar-refractivity contribution in [2.24, 2.45) is 0 Å². The number of para-hydroxylation sites is 2. The van der Waals surface area contributed by atoms with Gasteiger partial charge in [-0.25, -0.2) is 0 Å². The number of ether oxygens (including phenoxy) is 1. The van der Waals surface area contributed by atoms with Gasteiger partial charge < -0.3 is 9.64 Å². The first kappa shape index (κ1) is 20.9. The average Bonchev–Trinajstić information content (AvgIpc) is 2.88. The summed E-state index contributed by atoms with van der Waals surface area (Å²) in [5.74, 6) is 1.81. The van der Waals surface area contributed by atoms with Gasteiger partial charge >= 0.3 is 0 Å². The molecule has 4 aromatic carbocycles. The first-order chi connectivity index (χ1) is 16.3. The van der Waals surface area contributed by atoms with E-state index in [0.29, 0.717) is 0 Å². The van der Waals surface area contributed by atoms with Crippen molar-refractivity contribution in [1.82, 2.24) is 0 Å². The predicted molar refractivity (Wildman–Crippen MR) is 140 cm³/mol. The number of hydrogen-bond acceptors (Lipinski definition) is 3. The Morgan fingerprint density at radius 2 is 1.36 bits per heavy atom. The molecule has 0 aromatic heterocycles. The van der Waals surface area contributed by atoms with Crippen molar-refractivity contribution in [3.63, 3.8) is 0 Å². The van der Waals surface area contributed by atoms with Gasteiger partial charge in [-0.15, -0.1) is 0 Å². The number of benzene rings is 4. The molecule has 33 heavy (non-hydrogen) atoms. The molecule has 1 aliphatic rings. The van der Waals surface area contributed by atoms with Crippen molar-refractivity contribution in [2.75, 3.05) is 4.90 Å². The fourth-order valence-corrected chi connectivity index (χ4v) is 4.82. The molecule has 0 spiro atoms. The molecule has 0 radical (unpaired) electrons. The summed E-state index contributed by atoms with van der Waals surface area (Å²) in [5, 5.41) is 0. The van der Waals surface area contributed by atoms with Crippen LogP contribution >= 0.6 is 11.8 Å². The van der Waals surface area contributed by atoms with E-state index in [4.69, 9.17) is 4.74 Å². The van der Waals surface area contributed by atoms with E-state index in [2.05, 4.69) is 78.7 Å². The Morgan fingerprint density at radius 1 is 0.697 bits per heavy atom. The summed E-state index contributed by atoms with van der Waals surface area (Å²) >= 11 is 1.75. The Bertz CT molecular complexity index is 1340. The molecule has 0 N–H and O–H groups in total. The average molecular weight is 446 g/mol. The van der Waals surface area contributed by atoms with Crippen molar-refractivity contribution in [3.8, 4) is 22.6 Å². The van der Waals surface area contributed by atoms with Crippen LogP contribution in [0.3, 0.4) is 0 Å². The zero-order valence-corrected chi connectivity index (χ0v) is 19.0. The predicted octanol–water partition coefficient (Wildman–Crippen LogP) is 9.00.